The molecule has 0 heterocycles. The van der Waals surface area contributed by atoms with Crippen LogP contribution in [0.2, 0.25) is 0 Å². The van der Waals surface area contributed by atoms with Gasteiger partial charge in [-0.05, 0) is 12.8 Å². The summed E-state index contributed by atoms with van der Waals surface area (Å²) in [4.78, 5) is 10.2. The van der Waals surface area contributed by atoms with Gasteiger partial charge in [-0.2, -0.15) is 5.26 Å². The zero-order valence-electron chi connectivity index (χ0n) is 10.8. The molecule has 0 aliphatic carbocycles. The van der Waals surface area contributed by atoms with E-state index < -0.39 is 20.7 Å². The van der Waals surface area contributed by atoms with E-state index in [1.54, 1.807) is 6.07 Å². The molecule has 108 valence electrons. The molecular formula is C12H15N3O4S. The van der Waals surface area contributed by atoms with Crippen molar-refractivity contribution in [3.63, 3.8) is 0 Å². The monoisotopic (exact) mass is 297 g/mol. The zero-order valence-corrected chi connectivity index (χ0v) is 11.6. The molecule has 7 nitrogen and oxygen atoms in total. The molecule has 0 aromatic heterocycles. The van der Waals surface area contributed by atoms with Gasteiger partial charge in [0.15, 0.2) is 0 Å². The fourth-order valence-electron chi connectivity index (χ4n) is 1.62. The Bertz CT molecular complexity index is 607. The second kappa shape index (κ2) is 7.57. The third-order valence-electron chi connectivity index (χ3n) is 2.57. The van der Waals surface area contributed by atoms with Gasteiger partial charge in [-0.15, -0.1) is 0 Å². The predicted octanol–water partition coefficient (Wildman–Crippen LogP) is 1.71. The van der Waals surface area contributed by atoms with Gasteiger partial charge in [0.05, 0.1) is 16.7 Å². The number of nitrogens with one attached hydrogen (secondary N) is 1. The van der Waals surface area contributed by atoms with Gasteiger partial charge in [0.1, 0.15) is 0 Å². The number of hydrogen-bond acceptors (Lipinski definition) is 5. The molecule has 0 saturated heterocycles. The number of nitro groups is 1. The molecule has 0 unspecified atom stereocenters. The van der Waals surface area contributed by atoms with Crippen LogP contribution in [0.15, 0.2) is 24.3 Å². The van der Waals surface area contributed by atoms with E-state index in [4.69, 9.17) is 5.26 Å². The van der Waals surface area contributed by atoms with Crippen LogP contribution in [-0.2, 0) is 15.8 Å². The molecule has 1 N–H and O–H groups in total. The highest BCUT2D eigenvalue weighted by Gasteiger charge is 2.19. The van der Waals surface area contributed by atoms with Gasteiger partial charge in [0.25, 0.3) is 5.69 Å². The largest absolute Gasteiger partial charge is 0.273 e. The lowest BCUT2D eigenvalue weighted by atomic mass is 10.2. The quantitative estimate of drug-likeness (QED) is 0.446. The number of rotatable bonds is 8. The van der Waals surface area contributed by atoms with Crippen LogP contribution < -0.4 is 4.72 Å². The number of unbranched alkanes of at least 4 members (excludes halogenated alkanes) is 2. The van der Waals surface area contributed by atoms with Crippen molar-refractivity contribution in [3.05, 3.63) is 39.9 Å². The van der Waals surface area contributed by atoms with Crippen molar-refractivity contribution in [1.82, 2.24) is 4.72 Å². The minimum Gasteiger partial charge on any atom is -0.258 e. The summed E-state index contributed by atoms with van der Waals surface area (Å²) in [6, 6.07) is 7.72. The Morgan fingerprint density at radius 1 is 1.30 bits per heavy atom. The summed E-state index contributed by atoms with van der Waals surface area (Å²) < 4.78 is 26.0. The molecule has 0 aliphatic heterocycles. The first-order chi connectivity index (χ1) is 9.46. The first-order valence-corrected chi connectivity index (χ1v) is 7.68. The lowest BCUT2D eigenvalue weighted by molar-refractivity contribution is -0.385. The predicted molar refractivity (Wildman–Crippen MR) is 73.2 cm³/mol. The number of hydrogen-bond donors (Lipinski definition) is 1. The van der Waals surface area contributed by atoms with E-state index in [9.17, 15) is 18.5 Å². The molecule has 20 heavy (non-hydrogen) atoms. The van der Waals surface area contributed by atoms with Crippen molar-refractivity contribution in [1.29, 1.82) is 5.26 Å². The number of para-hydroxylation sites is 1. The molecule has 1 rings (SSSR count). The standard InChI is InChI=1S/C12H15N3O4S/c13-8-4-1-5-9-14-20(18,19)10-11-6-2-3-7-12(11)15(16)17/h2-3,6-7,14H,1,4-5,9-10H2. The summed E-state index contributed by atoms with van der Waals surface area (Å²) in [5.74, 6) is -0.428. The summed E-state index contributed by atoms with van der Waals surface area (Å²) in [5, 5.41) is 19.1. The average molecular weight is 297 g/mol. The topological polar surface area (TPSA) is 113 Å². The molecule has 0 atom stereocenters. The number of nitrogens with zero attached hydrogens (tertiary/aromatic N) is 2. The maximum absolute atomic E-state index is 11.8. The summed E-state index contributed by atoms with van der Waals surface area (Å²) in [6.45, 7) is 0.227. The Kier molecular flexibility index (Phi) is 6.09. The fourth-order valence-corrected chi connectivity index (χ4v) is 2.83. The molecular weight excluding hydrogens is 282 g/mol. The van der Waals surface area contributed by atoms with Crippen LogP contribution in [0.1, 0.15) is 24.8 Å². The van der Waals surface area contributed by atoms with Crippen LogP contribution in [0.3, 0.4) is 0 Å². The van der Waals surface area contributed by atoms with Crippen LogP contribution in [0, 0.1) is 21.4 Å². The van der Waals surface area contributed by atoms with Crippen LogP contribution in [0.4, 0.5) is 5.69 Å². The minimum absolute atomic E-state index is 0.155. The van der Waals surface area contributed by atoms with Gasteiger partial charge in [-0.1, -0.05) is 18.2 Å². The molecule has 8 heteroatoms. The van der Waals surface area contributed by atoms with E-state index in [-0.39, 0.29) is 17.8 Å². The van der Waals surface area contributed by atoms with Gasteiger partial charge in [0, 0.05) is 24.6 Å². The maximum atomic E-state index is 11.8. The Labute approximate surface area is 117 Å². The Balaban J connectivity index is 2.63. The molecule has 0 aliphatic rings. The van der Waals surface area contributed by atoms with Crippen LogP contribution >= 0.6 is 0 Å². The molecule has 0 fully saturated rings. The Morgan fingerprint density at radius 3 is 2.65 bits per heavy atom. The van der Waals surface area contributed by atoms with Crippen molar-refractivity contribution < 1.29 is 13.3 Å². The van der Waals surface area contributed by atoms with Crippen LogP contribution in [0.25, 0.3) is 0 Å². The van der Waals surface area contributed by atoms with E-state index in [0.717, 1.165) is 0 Å². The molecule has 0 spiro atoms. The molecule has 1 aromatic carbocycles. The fraction of sp³-hybridized carbons (Fsp3) is 0.417. The Hall–Kier alpha value is -1.98. The molecule has 0 bridgehead atoms. The molecule has 0 amide bonds. The van der Waals surface area contributed by atoms with Crippen molar-refractivity contribution >= 4 is 15.7 Å². The smallest absolute Gasteiger partial charge is 0.258 e. The van der Waals surface area contributed by atoms with Gasteiger partial charge >= 0.3 is 0 Å². The van der Waals surface area contributed by atoms with Crippen LogP contribution in [0.5, 0.6) is 0 Å². The van der Waals surface area contributed by atoms with Crippen molar-refractivity contribution in [3.8, 4) is 6.07 Å². The van der Waals surface area contributed by atoms with Gasteiger partial charge in [0.2, 0.25) is 10.0 Å². The summed E-state index contributed by atoms with van der Waals surface area (Å²) in [5.41, 5.74) is -0.0515. The second-order valence-electron chi connectivity index (χ2n) is 4.15. The van der Waals surface area contributed by atoms with Crippen molar-refractivity contribution in [2.24, 2.45) is 0 Å². The molecule has 0 saturated carbocycles. The zero-order chi connectivity index (χ0) is 15.0. The second-order valence-corrected chi connectivity index (χ2v) is 5.96. The SMILES string of the molecule is N#CCCCCNS(=O)(=O)Cc1ccccc1[N+](=O)[O-]. The lowest BCUT2D eigenvalue weighted by Gasteiger charge is -2.06. The number of sulfonamides is 1. The molecule has 1 aromatic rings. The lowest BCUT2D eigenvalue weighted by Crippen LogP contribution is -2.26. The summed E-state index contributed by atoms with van der Waals surface area (Å²) in [7, 11) is -3.62. The number of nitriles is 1. The Morgan fingerprint density at radius 2 is 2.00 bits per heavy atom. The highest BCUT2D eigenvalue weighted by molar-refractivity contribution is 7.88. The van der Waals surface area contributed by atoms with E-state index in [1.807, 2.05) is 6.07 Å². The minimum atomic E-state index is -3.62. The highest BCUT2D eigenvalue weighted by atomic mass is 32.2. The van der Waals surface area contributed by atoms with E-state index in [1.165, 1.54) is 18.2 Å². The first kappa shape index (κ1) is 16.1. The van der Waals surface area contributed by atoms with E-state index in [0.29, 0.717) is 19.3 Å². The summed E-state index contributed by atoms with van der Waals surface area (Å²) in [6.07, 6.45) is 1.56. The van der Waals surface area contributed by atoms with Crippen molar-refractivity contribution in [2.45, 2.75) is 25.0 Å². The van der Waals surface area contributed by atoms with E-state index >= 15 is 0 Å². The maximum Gasteiger partial charge on any atom is 0.273 e. The average Bonchev–Trinajstić information content (AvgIpc) is 2.38. The first-order valence-electron chi connectivity index (χ1n) is 6.03. The third kappa shape index (κ3) is 5.34. The number of nitro benzene ring substituents is 1. The van der Waals surface area contributed by atoms with Gasteiger partial charge in [-0.3, -0.25) is 10.1 Å². The molecule has 0 radical (unpaired) electrons. The number of benzene rings is 1. The van der Waals surface area contributed by atoms with Gasteiger partial charge in [-0.25, -0.2) is 13.1 Å². The highest BCUT2D eigenvalue weighted by Crippen LogP contribution is 2.19. The normalized spacial score (nSPS) is 10.9. The third-order valence-corrected chi connectivity index (χ3v) is 3.91. The van der Waals surface area contributed by atoms with Crippen LogP contribution in [-0.4, -0.2) is 19.9 Å². The van der Waals surface area contributed by atoms with Gasteiger partial charge < -0.3 is 0 Å². The van der Waals surface area contributed by atoms with Crippen molar-refractivity contribution in [2.75, 3.05) is 6.54 Å². The summed E-state index contributed by atoms with van der Waals surface area (Å²) >= 11 is 0. The van der Waals surface area contributed by atoms with E-state index in [2.05, 4.69) is 4.72 Å².